The van der Waals surface area contributed by atoms with Crippen molar-refractivity contribution in [1.82, 2.24) is 25.2 Å². The molecule has 0 aliphatic rings. The summed E-state index contributed by atoms with van der Waals surface area (Å²) < 4.78 is 3.08. The molecule has 0 aliphatic carbocycles. The third kappa shape index (κ3) is 5.86. The van der Waals surface area contributed by atoms with Gasteiger partial charge in [-0.15, -0.1) is 16.4 Å². The Labute approximate surface area is 138 Å². The van der Waals surface area contributed by atoms with Crippen LogP contribution in [0.2, 0.25) is 0 Å². The van der Waals surface area contributed by atoms with Crippen molar-refractivity contribution in [2.75, 3.05) is 20.1 Å². The second-order valence-electron chi connectivity index (χ2n) is 5.12. The lowest BCUT2D eigenvalue weighted by Crippen LogP contribution is -2.22. The second kappa shape index (κ2) is 8.63. The van der Waals surface area contributed by atoms with Gasteiger partial charge in [0.25, 0.3) is 0 Å². The van der Waals surface area contributed by atoms with E-state index >= 15 is 0 Å². The summed E-state index contributed by atoms with van der Waals surface area (Å²) in [7, 11) is 2.13. The maximum Gasteiger partial charge on any atom is 0.0964 e. The summed E-state index contributed by atoms with van der Waals surface area (Å²) in [5.41, 5.74) is 1.01. The summed E-state index contributed by atoms with van der Waals surface area (Å²) in [4.78, 5) is 3.67. The van der Waals surface area contributed by atoms with Crippen molar-refractivity contribution in [3.63, 3.8) is 0 Å². The maximum atomic E-state index is 4.18. The van der Waals surface area contributed by atoms with Crippen LogP contribution in [0.3, 0.4) is 0 Å². The zero-order valence-electron chi connectivity index (χ0n) is 12.5. The molecule has 0 unspecified atom stereocenters. The van der Waals surface area contributed by atoms with Crippen molar-refractivity contribution in [3.05, 3.63) is 32.7 Å². The normalized spacial score (nSPS) is 11.4. The molecule has 0 fully saturated rings. The molecule has 0 spiro atoms. The molecule has 0 atom stereocenters. The lowest BCUT2D eigenvalue weighted by Gasteiger charge is -2.14. The van der Waals surface area contributed by atoms with Crippen molar-refractivity contribution in [2.24, 2.45) is 0 Å². The topological polar surface area (TPSA) is 46.0 Å². The molecule has 7 heteroatoms. The minimum atomic E-state index is 0.799. The second-order valence-corrected chi connectivity index (χ2v) is 7.03. The number of hydrogen-bond acceptors (Lipinski definition) is 5. The average molecular weight is 372 g/mol. The van der Waals surface area contributed by atoms with Crippen LogP contribution in [-0.2, 0) is 19.6 Å². The van der Waals surface area contributed by atoms with Crippen molar-refractivity contribution in [3.8, 4) is 0 Å². The van der Waals surface area contributed by atoms with E-state index in [1.807, 2.05) is 10.9 Å². The Morgan fingerprint density at radius 2 is 2.33 bits per heavy atom. The maximum absolute atomic E-state index is 4.18. The first-order chi connectivity index (χ1) is 10.2. The van der Waals surface area contributed by atoms with Crippen molar-refractivity contribution >= 4 is 27.3 Å². The Morgan fingerprint density at radius 1 is 1.48 bits per heavy atom. The number of nitrogens with zero attached hydrogens (tertiary/aromatic N) is 4. The van der Waals surface area contributed by atoms with Gasteiger partial charge in [0.1, 0.15) is 0 Å². The van der Waals surface area contributed by atoms with Gasteiger partial charge in [0.15, 0.2) is 0 Å². The molecule has 0 aromatic carbocycles. The van der Waals surface area contributed by atoms with Gasteiger partial charge >= 0.3 is 0 Å². The molecule has 2 heterocycles. The minimum Gasteiger partial charge on any atom is -0.311 e. The van der Waals surface area contributed by atoms with Crippen LogP contribution in [0.1, 0.15) is 23.9 Å². The molecule has 2 aromatic heterocycles. The number of halogens is 1. The van der Waals surface area contributed by atoms with Gasteiger partial charge in [0, 0.05) is 40.6 Å². The fourth-order valence-electron chi connectivity index (χ4n) is 1.98. The van der Waals surface area contributed by atoms with E-state index in [0.717, 1.165) is 49.3 Å². The smallest absolute Gasteiger partial charge is 0.0964 e. The van der Waals surface area contributed by atoms with Gasteiger partial charge in [0.05, 0.1) is 12.2 Å². The predicted octanol–water partition coefficient (Wildman–Crippen LogP) is 2.73. The third-order valence-corrected chi connectivity index (χ3v) is 4.76. The molecular weight excluding hydrogens is 350 g/mol. The van der Waals surface area contributed by atoms with Gasteiger partial charge in [-0.2, -0.15) is 0 Å². The van der Waals surface area contributed by atoms with Crippen LogP contribution in [0.15, 0.2) is 22.1 Å². The third-order valence-electron chi connectivity index (χ3n) is 3.08. The molecule has 0 radical (unpaired) electrons. The molecular formula is C14H22BrN5S. The van der Waals surface area contributed by atoms with Crippen molar-refractivity contribution < 1.29 is 0 Å². The number of aromatic nitrogens is 3. The van der Waals surface area contributed by atoms with E-state index in [0.29, 0.717) is 0 Å². The first kappa shape index (κ1) is 16.6. The number of likely N-dealkylation sites (N-methyl/N-ethyl adjacent to an activating group) is 1. The standard InChI is InChI=1S/C14H22BrN5S/c1-3-4-16-8-13-9-20(18-17-13)6-5-19(2)10-14-7-12(15)11-21-14/h7,9,11,16H,3-6,8,10H2,1-2H3. The molecule has 2 aromatic rings. The molecule has 0 bridgehead atoms. The van der Waals surface area contributed by atoms with Crippen LogP contribution in [0.25, 0.3) is 0 Å². The molecule has 2 rings (SSSR count). The Kier molecular flexibility index (Phi) is 6.82. The van der Waals surface area contributed by atoms with Crippen LogP contribution in [-0.4, -0.2) is 40.0 Å². The van der Waals surface area contributed by atoms with E-state index in [2.05, 4.69) is 61.9 Å². The lowest BCUT2D eigenvalue weighted by molar-refractivity contribution is 0.306. The van der Waals surface area contributed by atoms with Crippen LogP contribution >= 0.6 is 27.3 Å². The Hall–Kier alpha value is -0.760. The van der Waals surface area contributed by atoms with E-state index in [4.69, 9.17) is 0 Å². The zero-order chi connectivity index (χ0) is 15.1. The van der Waals surface area contributed by atoms with E-state index in [9.17, 15) is 0 Å². The predicted molar refractivity (Wildman–Crippen MR) is 90.4 cm³/mol. The fourth-order valence-corrected chi connectivity index (χ4v) is 3.51. The monoisotopic (exact) mass is 371 g/mol. The summed E-state index contributed by atoms with van der Waals surface area (Å²) in [6, 6.07) is 2.17. The Bertz CT molecular complexity index is 539. The number of thiophene rings is 1. The fraction of sp³-hybridized carbons (Fsp3) is 0.571. The molecule has 21 heavy (non-hydrogen) atoms. The van der Waals surface area contributed by atoms with Crippen LogP contribution in [0.4, 0.5) is 0 Å². The SMILES string of the molecule is CCCNCc1cn(CCN(C)Cc2cc(Br)cs2)nn1. The molecule has 0 saturated carbocycles. The van der Waals surface area contributed by atoms with E-state index in [1.165, 1.54) is 4.88 Å². The van der Waals surface area contributed by atoms with Gasteiger partial charge in [0.2, 0.25) is 0 Å². The van der Waals surface area contributed by atoms with E-state index < -0.39 is 0 Å². The number of nitrogens with one attached hydrogen (secondary N) is 1. The molecule has 0 amide bonds. The van der Waals surface area contributed by atoms with Gasteiger partial charge in [-0.05, 0) is 42.0 Å². The van der Waals surface area contributed by atoms with E-state index in [1.54, 1.807) is 11.3 Å². The molecule has 116 valence electrons. The number of rotatable bonds is 9. The van der Waals surface area contributed by atoms with Crippen molar-refractivity contribution in [1.29, 1.82) is 0 Å². The first-order valence-corrected chi connectivity index (χ1v) is 8.86. The Morgan fingerprint density at radius 3 is 3.05 bits per heavy atom. The summed E-state index contributed by atoms with van der Waals surface area (Å²) in [5.74, 6) is 0. The molecule has 5 nitrogen and oxygen atoms in total. The molecule has 0 saturated heterocycles. The average Bonchev–Trinajstić information content (AvgIpc) is 3.06. The van der Waals surface area contributed by atoms with Crippen LogP contribution in [0.5, 0.6) is 0 Å². The summed E-state index contributed by atoms with van der Waals surface area (Å²) in [5, 5.41) is 13.8. The van der Waals surface area contributed by atoms with E-state index in [-0.39, 0.29) is 0 Å². The zero-order valence-corrected chi connectivity index (χ0v) is 15.0. The Balaban J connectivity index is 1.72. The minimum absolute atomic E-state index is 0.799. The van der Waals surface area contributed by atoms with Gasteiger partial charge in [-0.3, -0.25) is 9.58 Å². The summed E-state index contributed by atoms with van der Waals surface area (Å²) in [6.45, 7) is 6.77. The van der Waals surface area contributed by atoms with Gasteiger partial charge in [-0.25, -0.2) is 0 Å². The number of hydrogen-bond donors (Lipinski definition) is 1. The highest BCUT2D eigenvalue weighted by molar-refractivity contribution is 9.10. The van der Waals surface area contributed by atoms with Gasteiger partial charge in [-0.1, -0.05) is 12.1 Å². The quantitative estimate of drug-likeness (QED) is 0.688. The first-order valence-electron chi connectivity index (χ1n) is 7.18. The molecule has 1 N–H and O–H groups in total. The van der Waals surface area contributed by atoms with Crippen LogP contribution < -0.4 is 5.32 Å². The summed E-state index contributed by atoms with van der Waals surface area (Å²) >= 11 is 5.27. The highest BCUT2D eigenvalue weighted by atomic mass is 79.9. The largest absolute Gasteiger partial charge is 0.311 e. The molecule has 0 aliphatic heterocycles. The van der Waals surface area contributed by atoms with Gasteiger partial charge < -0.3 is 5.32 Å². The van der Waals surface area contributed by atoms with Crippen LogP contribution in [0, 0.1) is 0 Å². The highest BCUT2D eigenvalue weighted by Gasteiger charge is 2.05. The van der Waals surface area contributed by atoms with Crippen molar-refractivity contribution in [2.45, 2.75) is 33.0 Å². The highest BCUT2D eigenvalue weighted by Crippen LogP contribution is 2.20. The summed E-state index contributed by atoms with van der Waals surface area (Å²) in [6.07, 6.45) is 3.16. The lowest BCUT2D eigenvalue weighted by atomic mass is 10.4.